The number of benzene rings is 2. The van der Waals surface area contributed by atoms with Gasteiger partial charge in [-0.15, -0.1) is 0 Å². The summed E-state index contributed by atoms with van der Waals surface area (Å²) < 4.78 is 13.4. The molecule has 0 aliphatic heterocycles. The monoisotopic (exact) mass is 387 g/mol. The molecule has 4 rings (SSSR count). The molecule has 0 amide bonds. The molecule has 2 aromatic heterocycles. The minimum Gasteiger partial charge on any atom is -0.491 e. The third kappa shape index (κ3) is 4.24. The second-order valence-electron chi connectivity index (χ2n) is 7.52. The summed E-state index contributed by atoms with van der Waals surface area (Å²) in [6, 6.07) is 20.0. The molecule has 2 heterocycles. The average Bonchev–Trinajstić information content (AvgIpc) is 3.11. The van der Waals surface area contributed by atoms with E-state index in [2.05, 4.69) is 4.98 Å². The predicted molar refractivity (Wildman–Crippen MR) is 115 cm³/mol. The van der Waals surface area contributed by atoms with Crippen LogP contribution in [0.25, 0.3) is 28.2 Å². The van der Waals surface area contributed by atoms with E-state index in [0.717, 1.165) is 39.7 Å². The summed E-state index contributed by atoms with van der Waals surface area (Å²) in [6.07, 6.45) is 2.12. The standard InChI is InChI=1S/C24H25N3O2/c1-16(2)28-20-10-8-18(9-11-20)22-12-13-24-25-15-23(27(24)26-22)19-6-5-7-21(14-19)29-17(3)4/h5-17H,1-4H3. The molecule has 0 spiro atoms. The molecular weight excluding hydrogens is 362 g/mol. The Bertz CT molecular complexity index is 1110. The van der Waals surface area contributed by atoms with Gasteiger partial charge in [-0.3, -0.25) is 0 Å². The quantitative estimate of drug-likeness (QED) is 0.430. The van der Waals surface area contributed by atoms with Gasteiger partial charge >= 0.3 is 0 Å². The predicted octanol–water partition coefficient (Wildman–Crippen LogP) is 5.64. The number of fused-ring (bicyclic) bond motifs is 1. The van der Waals surface area contributed by atoms with Gasteiger partial charge in [0.25, 0.3) is 0 Å². The normalized spacial score (nSPS) is 11.4. The molecule has 0 aliphatic carbocycles. The van der Waals surface area contributed by atoms with E-state index < -0.39 is 0 Å². The van der Waals surface area contributed by atoms with Crippen LogP contribution in [0.1, 0.15) is 27.7 Å². The molecule has 0 radical (unpaired) electrons. The maximum Gasteiger partial charge on any atom is 0.154 e. The number of hydrogen-bond acceptors (Lipinski definition) is 4. The zero-order valence-electron chi connectivity index (χ0n) is 17.2. The second-order valence-corrected chi connectivity index (χ2v) is 7.52. The van der Waals surface area contributed by atoms with E-state index in [4.69, 9.17) is 14.6 Å². The summed E-state index contributed by atoms with van der Waals surface area (Å²) in [5.41, 5.74) is 4.65. The summed E-state index contributed by atoms with van der Waals surface area (Å²) in [6.45, 7) is 8.08. The molecule has 5 heteroatoms. The lowest BCUT2D eigenvalue weighted by atomic mass is 10.1. The van der Waals surface area contributed by atoms with Crippen molar-refractivity contribution in [3.8, 4) is 34.0 Å². The van der Waals surface area contributed by atoms with Gasteiger partial charge in [-0.1, -0.05) is 12.1 Å². The van der Waals surface area contributed by atoms with Crippen LogP contribution in [-0.4, -0.2) is 26.8 Å². The van der Waals surface area contributed by atoms with Gasteiger partial charge in [-0.2, -0.15) is 5.10 Å². The Labute approximate surface area is 170 Å². The number of nitrogens with zero attached hydrogens (tertiary/aromatic N) is 3. The Hall–Kier alpha value is -3.34. The van der Waals surface area contributed by atoms with Gasteiger partial charge in [-0.05, 0) is 76.2 Å². The molecule has 0 saturated heterocycles. The van der Waals surface area contributed by atoms with Crippen molar-refractivity contribution in [2.45, 2.75) is 39.9 Å². The first kappa shape index (κ1) is 19.0. The van der Waals surface area contributed by atoms with Crippen molar-refractivity contribution in [1.82, 2.24) is 14.6 Å². The van der Waals surface area contributed by atoms with E-state index >= 15 is 0 Å². The maximum absolute atomic E-state index is 5.83. The molecule has 4 aromatic rings. The summed E-state index contributed by atoms with van der Waals surface area (Å²) >= 11 is 0. The van der Waals surface area contributed by atoms with Crippen LogP contribution in [0.2, 0.25) is 0 Å². The van der Waals surface area contributed by atoms with E-state index in [0.29, 0.717) is 0 Å². The molecular formula is C24H25N3O2. The minimum absolute atomic E-state index is 0.125. The maximum atomic E-state index is 5.83. The number of hydrogen-bond donors (Lipinski definition) is 0. The molecule has 0 atom stereocenters. The van der Waals surface area contributed by atoms with Gasteiger partial charge in [0.1, 0.15) is 11.5 Å². The highest BCUT2D eigenvalue weighted by molar-refractivity contribution is 5.67. The lowest BCUT2D eigenvalue weighted by molar-refractivity contribution is 0.242. The molecule has 0 bridgehead atoms. The number of aromatic nitrogens is 3. The number of ether oxygens (including phenoxy) is 2. The Morgan fingerprint density at radius 3 is 2.21 bits per heavy atom. The van der Waals surface area contributed by atoms with Crippen LogP contribution in [0.4, 0.5) is 0 Å². The van der Waals surface area contributed by atoms with Gasteiger partial charge in [0.2, 0.25) is 0 Å². The SMILES string of the molecule is CC(C)Oc1ccc(-c2ccc3ncc(-c4cccc(OC(C)C)c4)n3n2)cc1. The number of rotatable bonds is 6. The Kier molecular flexibility index (Phi) is 5.21. The van der Waals surface area contributed by atoms with Crippen LogP contribution in [0.15, 0.2) is 66.9 Å². The number of imidazole rings is 1. The van der Waals surface area contributed by atoms with Crippen LogP contribution in [-0.2, 0) is 0 Å². The molecule has 0 N–H and O–H groups in total. The zero-order valence-corrected chi connectivity index (χ0v) is 17.2. The van der Waals surface area contributed by atoms with Gasteiger partial charge in [0.05, 0.1) is 29.8 Å². The zero-order chi connectivity index (χ0) is 20.4. The van der Waals surface area contributed by atoms with E-state index in [9.17, 15) is 0 Å². The fourth-order valence-electron chi connectivity index (χ4n) is 3.20. The van der Waals surface area contributed by atoms with Crippen LogP contribution in [0, 0.1) is 0 Å². The first-order valence-electron chi connectivity index (χ1n) is 9.88. The molecule has 29 heavy (non-hydrogen) atoms. The smallest absolute Gasteiger partial charge is 0.154 e. The molecule has 0 fully saturated rings. The van der Waals surface area contributed by atoms with Crippen molar-refractivity contribution >= 4 is 5.65 Å². The second kappa shape index (κ2) is 7.95. The van der Waals surface area contributed by atoms with Gasteiger partial charge in [0, 0.05) is 11.1 Å². The molecule has 5 nitrogen and oxygen atoms in total. The highest BCUT2D eigenvalue weighted by Crippen LogP contribution is 2.27. The summed E-state index contributed by atoms with van der Waals surface area (Å²) in [4.78, 5) is 4.51. The molecule has 148 valence electrons. The van der Waals surface area contributed by atoms with Crippen molar-refractivity contribution in [3.63, 3.8) is 0 Å². The van der Waals surface area contributed by atoms with Crippen LogP contribution in [0.3, 0.4) is 0 Å². The fourth-order valence-corrected chi connectivity index (χ4v) is 3.20. The van der Waals surface area contributed by atoms with Crippen molar-refractivity contribution < 1.29 is 9.47 Å². The van der Waals surface area contributed by atoms with E-state index in [1.54, 1.807) is 0 Å². The van der Waals surface area contributed by atoms with E-state index in [1.165, 1.54) is 0 Å². The molecule has 2 aromatic carbocycles. The highest BCUT2D eigenvalue weighted by atomic mass is 16.5. The lowest BCUT2D eigenvalue weighted by Crippen LogP contribution is -2.05. The van der Waals surface area contributed by atoms with E-state index in [1.807, 2.05) is 99.1 Å². The van der Waals surface area contributed by atoms with Gasteiger partial charge in [0.15, 0.2) is 5.65 Å². The van der Waals surface area contributed by atoms with E-state index in [-0.39, 0.29) is 12.2 Å². The highest BCUT2D eigenvalue weighted by Gasteiger charge is 2.11. The van der Waals surface area contributed by atoms with Crippen molar-refractivity contribution in [2.24, 2.45) is 0 Å². The van der Waals surface area contributed by atoms with Gasteiger partial charge < -0.3 is 9.47 Å². The van der Waals surface area contributed by atoms with Crippen LogP contribution in [0.5, 0.6) is 11.5 Å². The third-order valence-corrected chi connectivity index (χ3v) is 4.39. The molecule has 0 unspecified atom stereocenters. The fraction of sp³-hybridized carbons (Fsp3) is 0.250. The van der Waals surface area contributed by atoms with Crippen molar-refractivity contribution in [2.75, 3.05) is 0 Å². The largest absolute Gasteiger partial charge is 0.491 e. The molecule has 0 saturated carbocycles. The lowest BCUT2D eigenvalue weighted by Gasteiger charge is -2.11. The average molecular weight is 387 g/mol. The Balaban J connectivity index is 1.70. The summed E-state index contributed by atoms with van der Waals surface area (Å²) in [5, 5.41) is 4.84. The van der Waals surface area contributed by atoms with Gasteiger partial charge in [-0.25, -0.2) is 9.50 Å². The third-order valence-electron chi connectivity index (χ3n) is 4.39. The van der Waals surface area contributed by atoms with Crippen LogP contribution >= 0.6 is 0 Å². The first-order chi connectivity index (χ1) is 14.0. The summed E-state index contributed by atoms with van der Waals surface area (Å²) in [7, 11) is 0. The van der Waals surface area contributed by atoms with Crippen molar-refractivity contribution in [1.29, 1.82) is 0 Å². The Morgan fingerprint density at radius 2 is 1.48 bits per heavy atom. The van der Waals surface area contributed by atoms with Crippen molar-refractivity contribution in [3.05, 3.63) is 66.9 Å². The first-order valence-corrected chi connectivity index (χ1v) is 9.88. The van der Waals surface area contributed by atoms with Crippen LogP contribution < -0.4 is 9.47 Å². The minimum atomic E-state index is 0.125. The molecule has 0 aliphatic rings. The topological polar surface area (TPSA) is 48.7 Å². The Morgan fingerprint density at radius 1 is 0.759 bits per heavy atom. The summed E-state index contributed by atoms with van der Waals surface area (Å²) in [5.74, 6) is 1.69.